The van der Waals surface area contributed by atoms with E-state index in [4.69, 9.17) is 4.99 Å². The van der Waals surface area contributed by atoms with Gasteiger partial charge in [0.25, 0.3) is 5.66 Å². The summed E-state index contributed by atoms with van der Waals surface area (Å²) in [5, 5.41) is 19.7. The quantitative estimate of drug-likeness (QED) is 0.175. The first kappa shape index (κ1) is 27.6. The van der Waals surface area contributed by atoms with Crippen molar-refractivity contribution in [2.75, 3.05) is 33.7 Å². The number of allylic oxidation sites excluding steroid dienone is 4. The average Bonchev–Trinajstić information content (AvgIpc) is 3.13. The van der Waals surface area contributed by atoms with Crippen molar-refractivity contribution in [3.05, 3.63) is 36.1 Å². The van der Waals surface area contributed by atoms with E-state index in [0.29, 0.717) is 6.04 Å². The van der Waals surface area contributed by atoms with Crippen molar-refractivity contribution in [3.8, 4) is 0 Å². The fraction of sp³-hybridized carbons (Fsp3) is 0.724. The Morgan fingerprint density at radius 1 is 1.22 bits per heavy atom. The molecule has 1 saturated heterocycles. The molecule has 200 valence electrons. The van der Waals surface area contributed by atoms with Crippen LogP contribution in [0.25, 0.3) is 0 Å². The number of nitrogens with one attached hydrogen (secondary N) is 2. The summed E-state index contributed by atoms with van der Waals surface area (Å²) in [5.41, 5.74) is 1.66. The predicted molar refractivity (Wildman–Crippen MR) is 153 cm³/mol. The number of rotatable bonds is 10. The number of piperidine rings is 1. The van der Waals surface area contributed by atoms with Crippen LogP contribution in [0.1, 0.15) is 72.1 Å². The van der Waals surface area contributed by atoms with E-state index in [2.05, 4.69) is 68.3 Å². The van der Waals surface area contributed by atoms with Crippen LogP contribution in [0, 0.1) is 5.92 Å². The normalized spacial score (nSPS) is 34.9. The molecule has 0 radical (unpaired) electrons. The fourth-order valence-corrected chi connectivity index (χ4v) is 7.65. The van der Waals surface area contributed by atoms with E-state index in [9.17, 15) is 5.11 Å². The summed E-state index contributed by atoms with van der Waals surface area (Å²) in [5.74, 6) is 0.0914. The molecule has 4 rings (SSSR count). The number of thioether (sulfide) groups is 1. The van der Waals surface area contributed by atoms with Gasteiger partial charge in [0.05, 0.1) is 31.5 Å². The summed E-state index contributed by atoms with van der Waals surface area (Å²) in [6.07, 6.45) is 20.0. The lowest BCUT2D eigenvalue weighted by Gasteiger charge is -2.37. The molecule has 3 heterocycles. The molecule has 7 heteroatoms. The summed E-state index contributed by atoms with van der Waals surface area (Å²) >= 11 is 1.97. The molecular weight excluding hydrogens is 466 g/mol. The van der Waals surface area contributed by atoms with Crippen LogP contribution in [0.2, 0.25) is 0 Å². The first-order valence-corrected chi connectivity index (χ1v) is 15.1. The van der Waals surface area contributed by atoms with E-state index in [0.717, 1.165) is 28.9 Å². The standard InChI is InChI=1S/C29H49N5OS/c1-6-7-8-9-13-18-30-24-16-19-34(5,20-17-24)28-33(4)29(3)26(36-28)21-25(22(2)32-29)31-27(35)23-14-11-10-12-15-23/h10-12,14,21,23-24,26-27,30-31,35H,6-9,13,15-20H2,1-5H3/q+2. The van der Waals surface area contributed by atoms with Gasteiger partial charge in [-0.25, -0.2) is 9.48 Å². The van der Waals surface area contributed by atoms with Crippen molar-refractivity contribution in [2.45, 2.75) is 95.3 Å². The molecule has 0 bridgehead atoms. The number of hydrogen-bond donors (Lipinski definition) is 3. The number of likely N-dealkylation sites (tertiary alicyclic amines) is 1. The van der Waals surface area contributed by atoms with Crippen LogP contribution < -0.4 is 10.6 Å². The number of aliphatic hydroxyl groups is 1. The van der Waals surface area contributed by atoms with Crippen LogP contribution >= 0.6 is 11.8 Å². The van der Waals surface area contributed by atoms with Crippen molar-refractivity contribution >= 4 is 22.6 Å². The van der Waals surface area contributed by atoms with Crippen molar-refractivity contribution in [2.24, 2.45) is 10.9 Å². The van der Waals surface area contributed by atoms with E-state index in [1.165, 1.54) is 63.2 Å². The van der Waals surface area contributed by atoms with Gasteiger partial charge in [-0.05, 0) is 32.4 Å². The molecule has 1 aliphatic carbocycles. The molecule has 3 aliphatic heterocycles. The maximum absolute atomic E-state index is 10.8. The van der Waals surface area contributed by atoms with Crippen LogP contribution in [0.15, 0.2) is 41.1 Å². The number of amidine groups is 1. The number of aliphatic hydroxyl groups excluding tert-OH is 1. The second-order valence-corrected chi connectivity index (χ2v) is 12.6. The zero-order valence-corrected chi connectivity index (χ0v) is 24.0. The first-order valence-electron chi connectivity index (χ1n) is 14.2. The van der Waals surface area contributed by atoms with Gasteiger partial charge >= 0.3 is 5.17 Å². The minimum atomic E-state index is -0.609. The van der Waals surface area contributed by atoms with E-state index in [-0.39, 0.29) is 16.8 Å². The summed E-state index contributed by atoms with van der Waals surface area (Å²) in [4.78, 5) is 5.20. The van der Waals surface area contributed by atoms with E-state index in [1.54, 1.807) is 0 Å². The number of aliphatic imine (C=N–C) groups is 1. The zero-order valence-electron chi connectivity index (χ0n) is 23.2. The highest BCUT2D eigenvalue weighted by molar-refractivity contribution is 8.14. The Bertz CT molecular complexity index is 930. The Labute approximate surface area is 223 Å². The van der Waals surface area contributed by atoms with Crippen molar-refractivity contribution < 1.29 is 14.2 Å². The molecule has 0 aromatic heterocycles. The summed E-state index contributed by atoms with van der Waals surface area (Å²) in [7, 11) is 4.64. The Balaban J connectivity index is 1.36. The number of dihydropyridines is 1. The number of nitrogens with zero attached hydrogens (tertiary/aromatic N) is 3. The number of unbranched alkanes of at least 4 members (excludes halogenated alkanes) is 4. The van der Waals surface area contributed by atoms with E-state index < -0.39 is 6.23 Å². The smallest absolute Gasteiger partial charge is 0.373 e. The van der Waals surface area contributed by atoms with Gasteiger partial charge in [-0.1, -0.05) is 56.9 Å². The lowest BCUT2D eigenvalue weighted by Crippen LogP contribution is -2.58. The summed E-state index contributed by atoms with van der Waals surface area (Å²) in [6.45, 7) is 10.1. The van der Waals surface area contributed by atoms with Gasteiger partial charge in [-0.3, -0.25) is 0 Å². The summed E-state index contributed by atoms with van der Waals surface area (Å²) < 4.78 is 3.43. The van der Waals surface area contributed by atoms with Crippen LogP contribution in [0.3, 0.4) is 0 Å². The maximum Gasteiger partial charge on any atom is 0.403 e. The van der Waals surface area contributed by atoms with Gasteiger partial charge in [0.1, 0.15) is 18.5 Å². The molecule has 0 amide bonds. The second kappa shape index (κ2) is 12.0. The second-order valence-electron chi connectivity index (χ2n) is 11.5. The molecule has 36 heavy (non-hydrogen) atoms. The lowest BCUT2D eigenvalue weighted by molar-refractivity contribution is -0.848. The van der Waals surface area contributed by atoms with Gasteiger partial charge in [-0.15, -0.1) is 0 Å². The van der Waals surface area contributed by atoms with Crippen LogP contribution in [0.5, 0.6) is 0 Å². The molecule has 0 saturated carbocycles. The van der Waals surface area contributed by atoms with Crippen LogP contribution in [-0.2, 0) is 0 Å². The number of quaternary nitrogens is 1. The molecule has 0 aromatic carbocycles. The third-order valence-electron chi connectivity index (χ3n) is 8.68. The number of hydrogen-bond acceptors (Lipinski definition) is 5. The monoisotopic (exact) mass is 515 g/mol. The van der Waals surface area contributed by atoms with Gasteiger partial charge in [-0.2, -0.15) is 4.58 Å². The largest absolute Gasteiger partial charge is 0.403 e. The number of fused-ring (bicyclic) bond motifs is 1. The lowest BCUT2D eigenvalue weighted by atomic mass is 9.97. The zero-order chi connectivity index (χ0) is 25.8. The van der Waals surface area contributed by atoms with Gasteiger partial charge in [0, 0.05) is 43.5 Å². The van der Waals surface area contributed by atoms with Gasteiger partial charge in [0.15, 0.2) is 0 Å². The van der Waals surface area contributed by atoms with Gasteiger partial charge < -0.3 is 15.7 Å². The Hall–Kier alpha value is -1.41. The maximum atomic E-state index is 10.8. The molecule has 6 nitrogen and oxygen atoms in total. The van der Waals surface area contributed by atoms with Gasteiger partial charge in [0.2, 0.25) is 0 Å². The molecule has 4 unspecified atom stereocenters. The topological polar surface area (TPSA) is 59.7 Å². The fourth-order valence-electron chi connectivity index (χ4n) is 6.00. The minimum absolute atomic E-state index is 0.0914. The third kappa shape index (κ3) is 6.01. The van der Waals surface area contributed by atoms with Crippen molar-refractivity contribution in [1.29, 1.82) is 0 Å². The van der Waals surface area contributed by atoms with Crippen molar-refractivity contribution in [3.63, 3.8) is 0 Å². The van der Waals surface area contributed by atoms with E-state index >= 15 is 0 Å². The first-order chi connectivity index (χ1) is 17.3. The van der Waals surface area contributed by atoms with Crippen LogP contribution in [-0.4, -0.2) is 82.0 Å². The van der Waals surface area contributed by atoms with Crippen LogP contribution in [0.4, 0.5) is 0 Å². The highest BCUT2D eigenvalue weighted by atomic mass is 32.2. The van der Waals surface area contributed by atoms with Crippen molar-refractivity contribution in [1.82, 2.24) is 10.6 Å². The molecule has 3 N–H and O–H groups in total. The predicted octanol–water partition coefficient (Wildman–Crippen LogP) is 4.38. The minimum Gasteiger partial charge on any atom is -0.373 e. The highest BCUT2D eigenvalue weighted by Crippen LogP contribution is 2.42. The molecular formula is C29H49N5OS+2. The molecule has 0 spiro atoms. The molecule has 4 atom stereocenters. The Morgan fingerprint density at radius 2 is 1.97 bits per heavy atom. The Kier molecular flexibility index (Phi) is 9.18. The molecule has 4 aliphatic rings. The van der Waals surface area contributed by atoms with E-state index in [1.807, 2.05) is 23.9 Å². The average molecular weight is 516 g/mol. The third-order valence-corrected chi connectivity index (χ3v) is 10.4. The SMILES string of the molecule is CCCCCCCNC1CC[N+](C)(C2=[N+](C)C3(C)N=C(C)C(NC(O)C4C=CC=CC4)=CC3S2)CC1. The Morgan fingerprint density at radius 3 is 2.67 bits per heavy atom. The molecule has 1 fully saturated rings. The highest BCUT2D eigenvalue weighted by Gasteiger charge is 2.59. The molecule has 0 aromatic rings. The summed E-state index contributed by atoms with van der Waals surface area (Å²) in [6, 6.07) is 0.652.